The van der Waals surface area contributed by atoms with Crippen LogP contribution in [0.25, 0.3) is 0 Å². The number of rotatable bonds is 3. The van der Waals surface area contributed by atoms with Gasteiger partial charge in [-0.15, -0.1) is 0 Å². The van der Waals surface area contributed by atoms with Crippen LogP contribution >= 0.6 is 0 Å². The van der Waals surface area contributed by atoms with Crippen LogP contribution in [0.15, 0.2) is 0 Å². The quantitative estimate of drug-likeness (QED) is 0.913. The van der Waals surface area contributed by atoms with Gasteiger partial charge in [-0.05, 0) is 32.6 Å². The van der Waals surface area contributed by atoms with E-state index in [-0.39, 0.29) is 11.9 Å². The van der Waals surface area contributed by atoms with Gasteiger partial charge in [0.05, 0.1) is 31.4 Å². The molecule has 5 heteroatoms. The van der Waals surface area contributed by atoms with Crippen LogP contribution in [0.1, 0.15) is 36.2 Å². The first-order chi connectivity index (χ1) is 9.66. The fourth-order valence-electron chi connectivity index (χ4n) is 3.23. The lowest BCUT2D eigenvalue weighted by molar-refractivity contribution is -0.143. The third-order valence-corrected chi connectivity index (χ3v) is 4.79. The van der Waals surface area contributed by atoms with Gasteiger partial charge in [-0.1, -0.05) is 6.42 Å². The fourth-order valence-corrected chi connectivity index (χ4v) is 3.23. The molecule has 1 aliphatic heterocycles. The van der Waals surface area contributed by atoms with Gasteiger partial charge in [-0.2, -0.15) is 5.10 Å². The molecular weight excluding hydrogens is 254 g/mol. The molecule has 0 spiro atoms. The zero-order valence-electron chi connectivity index (χ0n) is 12.3. The number of H-pyrrole nitrogens is 1. The largest absolute Gasteiger partial charge is 0.377 e. The topological polar surface area (TPSA) is 58.2 Å². The number of aryl methyl sites for hydroxylation is 2. The smallest absolute Gasteiger partial charge is 0.227 e. The van der Waals surface area contributed by atoms with E-state index in [2.05, 4.69) is 15.1 Å². The molecule has 3 rings (SSSR count). The minimum Gasteiger partial charge on any atom is -0.377 e. The highest BCUT2D eigenvalue weighted by Gasteiger charge is 2.36. The van der Waals surface area contributed by atoms with E-state index >= 15 is 0 Å². The normalized spacial score (nSPS) is 23.7. The number of nitrogens with zero attached hydrogens (tertiary/aromatic N) is 2. The van der Waals surface area contributed by atoms with Gasteiger partial charge in [0.2, 0.25) is 5.91 Å². The molecule has 1 aliphatic carbocycles. The van der Waals surface area contributed by atoms with Gasteiger partial charge in [-0.25, -0.2) is 0 Å². The van der Waals surface area contributed by atoms with Gasteiger partial charge in [-0.3, -0.25) is 9.89 Å². The van der Waals surface area contributed by atoms with Crippen molar-refractivity contribution in [2.75, 3.05) is 19.8 Å². The Morgan fingerprint density at radius 2 is 2.25 bits per heavy atom. The third kappa shape index (κ3) is 2.46. The van der Waals surface area contributed by atoms with Gasteiger partial charge >= 0.3 is 0 Å². The fraction of sp³-hybridized carbons (Fsp3) is 0.733. The standard InChI is InChI=1S/C15H23N3O2/c1-10-13(11(2)17-16-10)8-15(19)18-6-7-20-9-14(18)12-4-3-5-12/h12,14H,3-9H2,1-2H3,(H,16,17). The van der Waals surface area contributed by atoms with Crippen molar-refractivity contribution in [2.45, 2.75) is 45.6 Å². The molecule has 1 aromatic heterocycles. The number of hydrogen-bond donors (Lipinski definition) is 1. The first-order valence-electron chi connectivity index (χ1n) is 7.54. The first kappa shape index (κ1) is 13.6. The van der Waals surface area contributed by atoms with Crippen molar-refractivity contribution in [3.05, 3.63) is 17.0 Å². The van der Waals surface area contributed by atoms with E-state index in [1.54, 1.807) is 0 Å². The number of morpholine rings is 1. The summed E-state index contributed by atoms with van der Waals surface area (Å²) in [6.07, 6.45) is 4.23. The summed E-state index contributed by atoms with van der Waals surface area (Å²) < 4.78 is 5.59. The lowest BCUT2D eigenvalue weighted by Crippen LogP contribution is -2.54. The van der Waals surface area contributed by atoms with Crippen molar-refractivity contribution >= 4 is 5.91 Å². The zero-order valence-corrected chi connectivity index (χ0v) is 12.3. The third-order valence-electron chi connectivity index (χ3n) is 4.79. The molecule has 1 saturated heterocycles. The molecule has 0 radical (unpaired) electrons. The summed E-state index contributed by atoms with van der Waals surface area (Å²) in [7, 11) is 0. The van der Waals surface area contributed by atoms with Crippen molar-refractivity contribution in [3.63, 3.8) is 0 Å². The summed E-state index contributed by atoms with van der Waals surface area (Å²) in [5, 5.41) is 7.13. The van der Waals surface area contributed by atoms with E-state index in [4.69, 9.17) is 4.74 Å². The second kappa shape index (κ2) is 5.56. The van der Waals surface area contributed by atoms with Gasteiger partial charge in [0, 0.05) is 17.8 Å². The first-order valence-corrected chi connectivity index (χ1v) is 7.54. The van der Waals surface area contributed by atoms with Crippen LogP contribution in [0.5, 0.6) is 0 Å². The molecule has 110 valence electrons. The molecule has 2 aliphatic rings. The number of amides is 1. The van der Waals surface area contributed by atoms with Crippen LogP contribution in [-0.4, -0.2) is 46.8 Å². The lowest BCUT2D eigenvalue weighted by Gasteiger charge is -2.43. The molecule has 1 amide bonds. The van der Waals surface area contributed by atoms with E-state index in [1.807, 2.05) is 13.8 Å². The maximum absolute atomic E-state index is 12.7. The monoisotopic (exact) mass is 277 g/mol. The highest BCUT2D eigenvalue weighted by molar-refractivity contribution is 5.79. The number of aromatic nitrogens is 2. The summed E-state index contributed by atoms with van der Waals surface area (Å²) in [6.45, 7) is 6.04. The summed E-state index contributed by atoms with van der Waals surface area (Å²) in [5.41, 5.74) is 2.99. The van der Waals surface area contributed by atoms with Gasteiger partial charge in [0.1, 0.15) is 0 Å². The van der Waals surface area contributed by atoms with Gasteiger partial charge < -0.3 is 9.64 Å². The van der Waals surface area contributed by atoms with Crippen molar-refractivity contribution in [1.82, 2.24) is 15.1 Å². The highest BCUT2D eigenvalue weighted by Crippen LogP contribution is 2.33. The lowest BCUT2D eigenvalue weighted by atomic mass is 9.79. The molecule has 0 bridgehead atoms. The van der Waals surface area contributed by atoms with Crippen molar-refractivity contribution in [3.8, 4) is 0 Å². The molecule has 0 aromatic carbocycles. The van der Waals surface area contributed by atoms with Crippen molar-refractivity contribution < 1.29 is 9.53 Å². The molecule has 1 unspecified atom stereocenters. The van der Waals surface area contributed by atoms with Crippen LogP contribution in [0, 0.1) is 19.8 Å². The maximum Gasteiger partial charge on any atom is 0.227 e. The highest BCUT2D eigenvalue weighted by atomic mass is 16.5. The molecule has 2 heterocycles. The second-order valence-corrected chi connectivity index (χ2v) is 6.01. The molecular formula is C15H23N3O2. The predicted molar refractivity (Wildman–Crippen MR) is 75.4 cm³/mol. The SMILES string of the molecule is Cc1n[nH]c(C)c1CC(=O)N1CCOCC1C1CCC1. The van der Waals surface area contributed by atoms with Crippen LogP contribution in [0.4, 0.5) is 0 Å². The summed E-state index contributed by atoms with van der Waals surface area (Å²) >= 11 is 0. The molecule has 5 nitrogen and oxygen atoms in total. The van der Waals surface area contributed by atoms with E-state index in [0.717, 1.165) is 23.5 Å². The number of aromatic amines is 1. The Morgan fingerprint density at radius 1 is 1.45 bits per heavy atom. The second-order valence-electron chi connectivity index (χ2n) is 6.01. The van der Waals surface area contributed by atoms with E-state index < -0.39 is 0 Å². The Morgan fingerprint density at radius 3 is 2.85 bits per heavy atom. The number of carbonyl (C=O) groups excluding carboxylic acids is 1. The summed E-state index contributed by atoms with van der Waals surface area (Å²) in [5.74, 6) is 0.864. The molecule has 1 saturated carbocycles. The maximum atomic E-state index is 12.7. The molecule has 20 heavy (non-hydrogen) atoms. The van der Waals surface area contributed by atoms with Gasteiger partial charge in [0.15, 0.2) is 0 Å². The number of carbonyl (C=O) groups is 1. The Labute approximate surface area is 119 Å². The Bertz CT molecular complexity index is 474. The molecule has 1 aromatic rings. The van der Waals surface area contributed by atoms with E-state index in [9.17, 15) is 4.79 Å². The molecule has 2 fully saturated rings. The van der Waals surface area contributed by atoms with E-state index in [1.165, 1.54) is 19.3 Å². The Balaban J connectivity index is 1.71. The van der Waals surface area contributed by atoms with Crippen LogP contribution in [0.3, 0.4) is 0 Å². The Hall–Kier alpha value is -1.36. The minimum atomic E-state index is 0.220. The van der Waals surface area contributed by atoms with Crippen LogP contribution < -0.4 is 0 Å². The molecule has 1 N–H and O–H groups in total. The average Bonchev–Trinajstić information content (AvgIpc) is 2.69. The summed E-state index contributed by atoms with van der Waals surface area (Å²) in [6, 6.07) is 0.289. The summed E-state index contributed by atoms with van der Waals surface area (Å²) in [4.78, 5) is 14.7. The number of hydrogen-bond acceptors (Lipinski definition) is 3. The minimum absolute atomic E-state index is 0.220. The van der Waals surface area contributed by atoms with E-state index in [0.29, 0.717) is 25.6 Å². The van der Waals surface area contributed by atoms with Gasteiger partial charge in [0.25, 0.3) is 0 Å². The van der Waals surface area contributed by atoms with Crippen molar-refractivity contribution in [1.29, 1.82) is 0 Å². The van der Waals surface area contributed by atoms with Crippen molar-refractivity contribution in [2.24, 2.45) is 5.92 Å². The predicted octanol–water partition coefficient (Wildman–Crippen LogP) is 1.60. The van der Waals surface area contributed by atoms with Crippen LogP contribution in [0.2, 0.25) is 0 Å². The average molecular weight is 277 g/mol. The zero-order chi connectivity index (χ0) is 14.1. The van der Waals surface area contributed by atoms with Crippen LogP contribution in [-0.2, 0) is 16.0 Å². The Kier molecular flexibility index (Phi) is 3.78. The number of ether oxygens (including phenoxy) is 1. The molecule has 1 atom stereocenters. The number of nitrogens with one attached hydrogen (secondary N) is 1.